The Labute approximate surface area is 90.4 Å². The molecule has 0 aliphatic carbocycles. The first kappa shape index (κ1) is 12.7. The number of hydrogen-bond acceptors (Lipinski definition) is 1. The normalized spacial score (nSPS) is 13.2. The van der Waals surface area contributed by atoms with Crippen molar-refractivity contribution in [2.75, 3.05) is 6.61 Å². The fourth-order valence-corrected chi connectivity index (χ4v) is 1.71. The lowest BCUT2D eigenvalue weighted by atomic mass is 10.2. The Kier molecular flexibility index (Phi) is 10.3. The van der Waals surface area contributed by atoms with Crippen LogP contribution in [0.2, 0.25) is 0 Å². The topological polar surface area (TPSA) is 9.23 Å². The molecule has 0 amide bonds. The monoisotopic (exact) mass is 284 g/mol. The zero-order chi connectivity index (χ0) is 9.23. The van der Waals surface area contributed by atoms with Gasteiger partial charge in [-0.2, -0.15) is 0 Å². The molecule has 0 heterocycles. The van der Waals surface area contributed by atoms with E-state index >= 15 is 0 Å². The summed E-state index contributed by atoms with van der Waals surface area (Å²) in [6, 6.07) is 0. The van der Waals surface area contributed by atoms with E-state index in [1.807, 2.05) is 0 Å². The van der Waals surface area contributed by atoms with Crippen molar-refractivity contribution in [1.82, 2.24) is 0 Å². The molecule has 12 heavy (non-hydrogen) atoms. The lowest BCUT2D eigenvalue weighted by Gasteiger charge is -2.10. The van der Waals surface area contributed by atoms with Gasteiger partial charge in [0.25, 0.3) is 0 Å². The lowest BCUT2D eigenvalue weighted by molar-refractivity contribution is 0.113. The summed E-state index contributed by atoms with van der Waals surface area (Å²) in [7, 11) is 0. The molecule has 0 fully saturated rings. The first-order chi connectivity index (χ1) is 5.81. The maximum atomic E-state index is 5.63. The van der Waals surface area contributed by atoms with Crippen LogP contribution in [0.1, 0.15) is 52.4 Å². The summed E-state index contributed by atoms with van der Waals surface area (Å²) < 4.78 is 6.08. The van der Waals surface area contributed by atoms with Crippen molar-refractivity contribution in [2.24, 2.45) is 0 Å². The molecular formula is C10H21IO. The van der Waals surface area contributed by atoms with Crippen molar-refractivity contribution in [3.05, 3.63) is 0 Å². The molecule has 1 nitrogen and oxygen atoms in total. The van der Waals surface area contributed by atoms with E-state index in [0.717, 1.165) is 6.61 Å². The molecule has 0 spiro atoms. The van der Waals surface area contributed by atoms with Crippen molar-refractivity contribution < 1.29 is 4.74 Å². The van der Waals surface area contributed by atoms with Crippen LogP contribution in [0.3, 0.4) is 0 Å². The lowest BCUT2D eigenvalue weighted by Crippen LogP contribution is -2.05. The van der Waals surface area contributed by atoms with Gasteiger partial charge >= 0.3 is 0 Å². The first-order valence-corrected chi connectivity index (χ1v) is 6.31. The van der Waals surface area contributed by atoms with Crippen LogP contribution in [0.15, 0.2) is 0 Å². The second-order valence-electron chi connectivity index (χ2n) is 3.13. The molecule has 0 radical (unpaired) electrons. The highest BCUT2D eigenvalue weighted by Crippen LogP contribution is 2.12. The van der Waals surface area contributed by atoms with Crippen LogP contribution in [0, 0.1) is 0 Å². The van der Waals surface area contributed by atoms with Crippen molar-refractivity contribution >= 4 is 22.6 Å². The number of rotatable bonds is 8. The van der Waals surface area contributed by atoms with E-state index in [4.69, 9.17) is 4.74 Å². The minimum atomic E-state index is 0.444. The summed E-state index contributed by atoms with van der Waals surface area (Å²) in [6.45, 7) is 5.39. The number of halogens is 1. The number of hydrogen-bond donors (Lipinski definition) is 0. The van der Waals surface area contributed by atoms with Gasteiger partial charge in [0, 0.05) is 6.61 Å². The van der Waals surface area contributed by atoms with Gasteiger partial charge in [0.05, 0.1) is 0 Å². The maximum Gasteiger partial charge on any atom is 0.108 e. The number of unbranched alkanes of at least 4 members (excludes halogenated alkanes) is 3. The quantitative estimate of drug-likeness (QED) is 0.370. The number of alkyl halides is 1. The van der Waals surface area contributed by atoms with Crippen molar-refractivity contribution in [2.45, 2.75) is 56.5 Å². The Morgan fingerprint density at radius 2 is 1.75 bits per heavy atom. The van der Waals surface area contributed by atoms with Crippen molar-refractivity contribution in [3.8, 4) is 0 Å². The van der Waals surface area contributed by atoms with Crippen LogP contribution in [0.5, 0.6) is 0 Å². The summed E-state index contributed by atoms with van der Waals surface area (Å²) in [4.78, 5) is 0. The number of ether oxygens (including phenoxy) is 1. The first-order valence-electron chi connectivity index (χ1n) is 5.07. The average molecular weight is 284 g/mol. The molecule has 74 valence electrons. The molecular weight excluding hydrogens is 263 g/mol. The van der Waals surface area contributed by atoms with Gasteiger partial charge in [0.15, 0.2) is 0 Å². The van der Waals surface area contributed by atoms with E-state index in [9.17, 15) is 0 Å². The van der Waals surface area contributed by atoms with E-state index < -0.39 is 0 Å². The van der Waals surface area contributed by atoms with Crippen LogP contribution in [0.25, 0.3) is 0 Å². The van der Waals surface area contributed by atoms with E-state index in [2.05, 4.69) is 36.4 Å². The van der Waals surface area contributed by atoms with E-state index in [1.165, 1.54) is 38.5 Å². The Morgan fingerprint density at radius 3 is 2.33 bits per heavy atom. The molecule has 0 aromatic carbocycles. The summed E-state index contributed by atoms with van der Waals surface area (Å²) in [5, 5.41) is 0. The van der Waals surface area contributed by atoms with Gasteiger partial charge in [-0.05, 0) is 12.8 Å². The summed E-state index contributed by atoms with van der Waals surface area (Å²) in [5.74, 6) is 0. The van der Waals surface area contributed by atoms with Gasteiger partial charge in [0.1, 0.15) is 4.11 Å². The molecule has 0 aliphatic rings. The highest BCUT2D eigenvalue weighted by molar-refractivity contribution is 14.1. The minimum Gasteiger partial charge on any atom is -0.368 e. The van der Waals surface area contributed by atoms with Crippen molar-refractivity contribution in [3.63, 3.8) is 0 Å². The van der Waals surface area contributed by atoms with E-state index in [1.54, 1.807) is 0 Å². The third kappa shape index (κ3) is 8.78. The maximum absolute atomic E-state index is 5.63. The predicted molar refractivity (Wildman–Crippen MR) is 62.8 cm³/mol. The fraction of sp³-hybridized carbons (Fsp3) is 1.00. The van der Waals surface area contributed by atoms with E-state index in [0.29, 0.717) is 4.11 Å². The molecule has 0 saturated carbocycles. The third-order valence-electron chi connectivity index (χ3n) is 1.83. The SMILES string of the molecule is CCCCCOC(I)CCCC. The fourth-order valence-electron chi connectivity index (χ4n) is 1.01. The van der Waals surface area contributed by atoms with E-state index in [-0.39, 0.29) is 0 Å². The Bertz CT molecular complexity index is 85.9. The molecule has 0 bridgehead atoms. The molecule has 0 rings (SSSR count). The average Bonchev–Trinajstić information content (AvgIpc) is 2.09. The molecule has 0 aromatic heterocycles. The minimum absolute atomic E-state index is 0.444. The summed E-state index contributed by atoms with van der Waals surface area (Å²) in [5.41, 5.74) is 0. The van der Waals surface area contributed by atoms with Crippen molar-refractivity contribution in [1.29, 1.82) is 0 Å². The summed E-state index contributed by atoms with van der Waals surface area (Å²) >= 11 is 2.39. The highest BCUT2D eigenvalue weighted by Gasteiger charge is 2.01. The predicted octanol–water partition coefficient (Wildman–Crippen LogP) is 4.14. The summed E-state index contributed by atoms with van der Waals surface area (Å²) in [6.07, 6.45) is 7.59. The van der Waals surface area contributed by atoms with Crippen LogP contribution < -0.4 is 0 Å². The van der Waals surface area contributed by atoms with Crippen LogP contribution in [-0.2, 0) is 4.74 Å². The second-order valence-corrected chi connectivity index (χ2v) is 4.52. The smallest absolute Gasteiger partial charge is 0.108 e. The Hall–Kier alpha value is 0.690. The largest absolute Gasteiger partial charge is 0.368 e. The van der Waals surface area contributed by atoms with Gasteiger partial charge < -0.3 is 4.74 Å². The molecule has 1 unspecified atom stereocenters. The highest BCUT2D eigenvalue weighted by atomic mass is 127. The molecule has 1 atom stereocenters. The second kappa shape index (κ2) is 9.78. The molecule has 0 aromatic rings. The molecule has 0 aliphatic heterocycles. The molecule has 0 N–H and O–H groups in total. The van der Waals surface area contributed by atoms with Gasteiger partial charge in [-0.25, -0.2) is 0 Å². The molecule has 2 heteroatoms. The van der Waals surface area contributed by atoms with Crippen LogP contribution >= 0.6 is 22.6 Å². The zero-order valence-electron chi connectivity index (χ0n) is 8.31. The van der Waals surface area contributed by atoms with Gasteiger partial charge in [-0.1, -0.05) is 62.1 Å². The Morgan fingerprint density at radius 1 is 1.08 bits per heavy atom. The third-order valence-corrected chi connectivity index (χ3v) is 2.81. The van der Waals surface area contributed by atoms with Crippen LogP contribution in [-0.4, -0.2) is 10.7 Å². The zero-order valence-corrected chi connectivity index (χ0v) is 10.5. The van der Waals surface area contributed by atoms with Gasteiger partial charge in [-0.3, -0.25) is 0 Å². The Balaban J connectivity index is 3.02. The van der Waals surface area contributed by atoms with Crippen LogP contribution in [0.4, 0.5) is 0 Å². The standard InChI is InChI=1S/C10H21IO/c1-3-5-7-9-12-10(11)8-6-4-2/h10H,3-9H2,1-2H3. The van der Waals surface area contributed by atoms with Gasteiger partial charge in [-0.15, -0.1) is 0 Å². The van der Waals surface area contributed by atoms with Gasteiger partial charge in [0.2, 0.25) is 0 Å². The molecule has 0 saturated heterocycles.